The van der Waals surface area contributed by atoms with Gasteiger partial charge in [0.05, 0.1) is 24.9 Å². The van der Waals surface area contributed by atoms with Crippen LogP contribution in [0.2, 0.25) is 0 Å². The molecule has 0 aromatic carbocycles. The van der Waals surface area contributed by atoms with E-state index in [2.05, 4.69) is 5.32 Å². The summed E-state index contributed by atoms with van der Waals surface area (Å²) in [5, 5.41) is 43.2. The van der Waals surface area contributed by atoms with Gasteiger partial charge in [-0.15, -0.1) is 0 Å². The summed E-state index contributed by atoms with van der Waals surface area (Å²) in [6.45, 7) is 0.204. The maximum absolute atomic E-state index is 10.3. The van der Waals surface area contributed by atoms with Gasteiger partial charge in [0.2, 0.25) is 0 Å². The first kappa shape index (κ1) is 21.8. The number of hydrogen-bond acceptors (Lipinski definition) is 10. The molecule has 29 heavy (non-hydrogen) atoms. The van der Waals surface area contributed by atoms with Gasteiger partial charge in [0.1, 0.15) is 30.6 Å². The monoisotopic (exact) mass is 419 g/mol. The minimum Gasteiger partial charge on any atom is -0.394 e. The van der Waals surface area contributed by atoms with E-state index in [-0.39, 0.29) is 30.4 Å². The first-order valence-electron chi connectivity index (χ1n) is 10.4. The molecule has 4 fully saturated rings. The molecule has 0 aromatic rings. The van der Waals surface area contributed by atoms with Gasteiger partial charge in [0.15, 0.2) is 6.29 Å². The van der Waals surface area contributed by atoms with Gasteiger partial charge in [-0.2, -0.15) is 0 Å². The topological polar surface area (TPSA) is 139 Å². The second-order valence-electron chi connectivity index (χ2n) is 8.45. The Kier molecular flexibility index (Phi) is 6.77. The van der Waals surface area contributed by atoms with Gasteiger partial charge in [-0.3, -0.25) is 5.32 Å². The van der Waals surface area contributed by atoms with E-state index in [0.717, 1.165) is 12.8 Å². The third-order valence-electron chi connectivity index (χ3n) is 7.01. The molecule has 4 rings (SSSR count). The number of fused-ring (bicyclic) bond motifs is 2. The van der Waals surface area contributed by atoms with E-state index >= 15 is 0 Å². The smallest absolute Gasteiger partial charge is 0.187 e. The Hall–Kier alpha value is -0.400. The van der Waals surface area contributed by atoms with Crippen LogP contribution in [0.25, 0.3) is 0 Å². The number of nitrogens with one attached hydrogen (secondary N) is 1. The van der Waals surface area contributed by atoms with E-state index in [4.69, 9.17) is 23.7 Å². The summed E-state index contributed by atoms with van der Waals surface area (Å²) < 4.78 is 29.0. The molecule has 0 amide bonds. The van der Waals surface area contributed by atoms with E-state index in [1.165, 1.54) is 0 Å². The van der Waals surface area contributed by atoms with E-state index < -0.39 is 43.4 Å². The summed E-state index contributed by atoms with van der Waals surface area (Å²) in [5.41, 5.74) is 0. The zero-order valence-electron chi connectivity index (χ0n) is 16.8. The second-order valence-corrected chi connectivity index (χ2v) is 8.45. The van der Waals surface area contributed by atoms with Gasteiger partial charge in [-0.1, -0.05) is 0 Å². The van der Waals surface area contributed by atoms with Gasteiger partial charge in [0.25, 0.3) is 0 Å². The summed E-state index contributed by atoms with van der Waals surface area (Å²) in [6.07, 6.45) is -4.83. The molecule has 1 aliphatic carbocycles. The standard InChI is InChI=1S/C19H33NO9/c1-25-16-8-3-4-10(17(26-2)12(8)20-18-9(16)5-6-27-18)28-19-15(24)14(23)13(22)11(7-21)29-19/h8-24H,3-7H2,1-2H3/t8?,9?,10?,11-,12?,13+,14+,15+,16?,17?,18?,19+/m0/s1. The molecular formula is C19H33NO9. The number of aliphatic hydroxyl groups excluding tert-OH is 4. The fraction of sp³-hybridized carbons (Fsp3) is 1.00. The third-order valence-corrected chi connectivity index (χ3v) is 7.01. The van der Waals surface area contributed by atoms with Gasteiger partial charge in [-0.05, 0) is 19.3 Å². The molecule has 168 valence electrons. The number of aliphatic hydroxyl groups is 4. The lowest BCUT2D eigenvalue weighted by atomic mass is 9.70. The van der Waals surface area contributed by atoms with Gasteiger partial charge >= 0.3 is 0 Å². The van der Waals surface area contributed by atoms with Gasteiger partial charge in [0, 0.05) is 38.7 Å². The average molecular weight is 419 g/mol. The molecule has 7 unspecified atom stereocenters. The normalized spacial score (nSPS) is 52.8. The summed E-state index contributed by atoms with van der Waals surface area (Å²) in [6, 6.07) is -0.0621. The van der Waals surface area contributed by atoms with E-state index in [1.807, 2.05) is 0 Å². The minimum atomic E-state index is -1.47. The number of ether oxygens (including phenoxy) is 5. The van der Waals surface area contributed by atoms with Crippen molar-refractivity contribution in [3.8, 4) is 0 Å². The van der Waals surface area contributed by atoms with Crippen molar-refractivity contribution in [2.24, 2.45) is 11.8 Å². The van der Waals surface area contributed by atoms with Gasteiger partial charge in [-0.25, -0.2) is 0 Å². The number of rotatable bonds is 5. The predicted molar refractivity (Wildman–Crippen MR) is 97.7 cm³/mol. The van der Waals surface area contributed by atoms with E-state index in [0.29, 0.717) is 18.9 Å². The Morgan fingerprint density at radius 1 is 0.931 bits per heavy atom. The molecule has 0 aromatic heterocycles. The SMILES string of the molecule is COC1C2CCOC2NC2C1CCC(O[C@@H]1O[C@@H](CO)[C@@H](O)[C@@H](O)[C@H]1O)C2OC. The first-order valence-corrected chi connectivity index (χ1v) is 10.4. The van der Waals surface area contributed by atoms with Crippen molar-refractivity contribution in [2.75, 3.05) is 27.4 Å². The Morgan fingerprint density at radius 2 is 1.69 bits per heavy atom. The van der Waals surface area contributed by atoms with Crippen LogP contribution < -0.4 is 5.32 Å². The average Bonchev–Trinajstić information content (AvgIpc) is 3.20. The van der Waals surface area contributed by atoms with Crippen molar-refractivity contribution in [2.45, 2.75) is 80.5 Å². The highest BCUT2D eigenvalue weighted by Crippen LogP contribution is 2.42. The second kappa shape index (κ2) is 8.99. The molecular weight excluding hydrogens is 386 g/mol. The molecule has 10 nitrogen and oxygen atoms in total. The van der Waals surface area contributed by atoms with E-state index in [1.54, 1.807) is 14.2 Å². The van der Waals surface area contributed by atoms with Crippen LogP contribution in [0.1, 0.15) is 19.3 Å². The van der Waals surface area contributed by atoms with Crippen molar-refractivity contribution in [3.05, 3.63) is 0 Å². The molecule has 0 radical (unpaired) electrons. The largest absolute Gasteiger partial charge is 0.394 e. The van der Waals surface area contributed by atoms with Crippen molar-refractivity contribution < 1.29 is 44.1 Å². The van der Waals surface area contributed by atoms with Crippen LogP contribution >= 0.6 is 0 Å². The highest BCUT2D eigenvalue weighted by molar-refractivity contribution is 5.05. The zero-order valence-corrected chi connectivity index (χ0v) is 16.8. The molecule has 0 spiro atoms. The quantitative estimate of drug-likeness (QED) is 0.338. The van der Waals surface area contributed by atoms with Crippen molar-refractivity contribution in [1.82, 2.24) is 5.32 Å². The number of hydrogen-bond donors (Lipinski definition) is 5. The summed E-state index contributed by atoms with van der Waals surface area (Å²) in [7, 11) is 3.35. The summed E-state index contributed by atoms with van der Waals surface area (Å²) >= 11 is 0. The van der Waals surface area contributed by atoms with Crippen LogP contribution in [0.15, 0.2) is 0 Å². The first-order chi connectivity index (χ1) is 14.0. The molecule has 3 aliphatic heterocycles. The number of piperidine rings is 1. The van der Waals surface area contributed by atoms with Crippen LogP contribution in [-0.2, 0) is 23.7 Å². The van der Waals surface area contributed by atoms with Crippen LogP contribution in [0.5, 0.6) is 0 Å². The molecule has 0 bridgehead atoms. The maximum atomic E-state index is 10.3. The van der Waals surface area contributed by atoms with Crippen molar-refractivity contribution in [3.63, 3.8) is 0 Å². The lowest BCUT2D eigenvalue weighted by Gasteiger charge is -2.52. The van der Waals surface area contributed by atoms with Crippen LogP contribution in [-0.4, -0.2) is 109 Å². The van der Waals surface area contributed by atoms with Crippen molar-refractivity contribution in [1.29, 1.82) is 0 Å². The maximum Gasteiger partial charge on any atom is 0.187 e. The Balaban J connectivity index is 1.48. The van der Waals surface area contributed by atoms with Crippen LogP contribution in [0, 0.1) is 11.8 Å². The molecule has 5 N–H and O–H groups in total. The molecule has 3 heterocycles. The zero-order chi connectivity index (χ0) is 20.7. The van der Waals surface area contributed by atoms with Gasteiger partial charge < -0.3 is 44.1 Å². The van der Waals surface area contributed by atoms with Crippen LogP contribution in [0.4, 0.5) is 0 Å². The fourth-order valence-corrected chi connectivity index (χ4v) is 5.53. The Morgan fingerprint density at radius 3 is 2.38 bits per heavy atom. The summed E-state index contributed by atoms with van der Waals surface area (Å²) in [5.74, 6) is 0.546. The van der Waals surface area contributed by atoms with Crippen molar-refractivity contribution >= 4 is 0 Å². The third kappa shape index (κ3) is 3.84. The van der Waals surface area contributed by atoms with E-state index in [9.17, 15) is 20.4 Å². The highest BCUT2D eigenvalue weighted by atomic mass is 16.7. The Labute approximate surface area is 170 Å². The molecule has 4 aliphatic rings. The number of methoxy groups -OCH3 is 2. The lowest BCUT2D eigenvalue weighted by molar-refractivity contribution is -0.323. The molecule has 10 heteroatoms. The van der Waals surface area contributed by atoms with Crippen LogP contribution in [0.3, 0.4) is 0 Å². The highest BCUT2D eigenvalue weighted by Gasteiger charge is 2.54. The minimum absolute atomic E-state index is 0.0621. The molecule has 3 saturated heterocycles. The predicted octanol–water partition coefficient (Wildman–Crippen LogP) is -2.05. The molecule has 12 atom stereocenters. The summed E-state index contributed by atoms with van der Waals surface area (Å²) in [4.78, 5) is 0. The Bertz CT molecular complexity index is 552. The fourth-order valence-electron chi connectivity index (χ4n) is 5.53. The lowest BCUT2D eigenvalue weighted by Crippen LogP contribution is -2.67. The molecule has 1 saturated carbocycles.